The standard InChI is InChI=1S/C24H19ClN2O3/c1-15-5-3-7-19(13-15)27-23(28)21(16-9-11-17(25)12-10-16)22(24(27)29)26-18-6-4-8-20(14-18)30-2/h3-14,26H,1-2H3. The normalized spacial score (nSPS) is 13.8. The van der Waals surface area contributed by atoms with E-state index in [1.807, 2.05) is 37.3 Å². The van der Waals surface area contributed by atoms with E-state index < -0.39 is 11.8 Å². The van der Waals surface area contributed by atoms with Gasteiger partial charge in [0.1, 0.15) is 11.4 Å². The zero-order valence-electron chi connectivity index (χ0n) is 16.5. The molecule has 2 amide bonds. The van der Waals surface area contributed by atoms with Crippen LogP contribution in [-0.4, -0.2) is 18.9 Å². The fraction of sp³-hybridized carbons (Fsp3) is 0.0833. The van der Waals surface area contributed by atoms with E-state index in [-0.39, 0.29) is 5.70 Å². The summed E-state index contributed by atoms with van der Waals surface area (Å²) < 4.78 is 5.26. The molecule has 1 heterocycles. The number of imide groups is 1. The Morgan fingerprint density at radius 3 is 2.33 bits per heavy atom. The number of halogens is 1. The SMILES string of the molecule is COc1cccc(NC2=C(c3ccc(Cl)cc3)C(=O)N(c3cccc(C)c3)C2=O)c1. The van der Waals surface area contributed by atoms with Crippen molar-refractivity contribution in [1.82, 2.24) is 0 Å². The van der Waals surface area contributed by atoms with Gasteiger partial charge in [-0.05, 0) is 54.4 Å². The van der Waals surface area contributed by atoms with Crippen molar-refractivity contribution in [3.63, 3.8) is 0 Å². The lowest BCUT2D eigenvalue weighted by atomic mass is 10.0. The lowest BCUT2D eigenvalue weighted by molar-refractivity contribution is -0.120. The molecule has 0 bridgehead atoms. The first-order valence-corrected chi connectivity index (χ1v) is 9.72. The van der Waals surface area contributed by atoms with Gasteiger partial charge in [-0.25, -0.2) is 4.90 Å². The summed E-state index contributed by atoms with van der Waals surface area (Å²) in [7, 11) is 1.57. The molecule has 0 saturated carbocycles. The number of carbonyl (C=O) groups is 2. The highest BCUT2D eigenvalue weighted by Gasteiger charge is 2.40. The Kier molecular flexibility index (Phi) is 5.29. The van der Waals surface area contributed by atoms with Gasteiger partial charge < -0.3 is 10.1 Å². The van der Waals surface area contributed by atoms with E-state index in [1.54, 1.807) is 49.6 Å². The Balaban J connectivity index is 1.82. The lowest BCUT2D eigenvalue weighted by Crippen LogP contribution is -2.32. The van der Waals surface area contributed by atoms with E-state index >= 15 is 0 Å². The first-order valence-electron chi connectivity index (χ1n) is 9.34. The molecule has 3 aromatic carbocycles. The van der Waals surface area contributed by atoms with Crippen molar-refractivity contribution in [1.29, 1.82) is 0 Å². The van der Waals surface area contributed by atoms with Crippen LogP contribution in [0.15, 0.2) is 78.5 Å². The largest absolute Gasteiger partial charge is 0.497 e. The van der Waals surface area contributed by atoms with E-state index in [0.717, 1.165) is 5.56 Å². The van der Waals surface area contributed by atoms with Crippen molar-refractivity contribution in [3.8, 4) is 5.75 Å². The summed E-state index contributed by atoms with van der Waals surface area (Å²) in [4.78, 5) is 27.9. The van der Waals surface area contributed by atoms with Gasteiger partial charge in [0, 0.05) is 16.8 Å². The van der Waals surface area contributed by atoms with Crippen LogP contribution < -0.4 is 15.0 Å². The zero-order chi connectivity index (χ0) is 21.3. The zero-order valence-corrected chi connectivity index (χ0v) is 17.2. The van der Waals surface area contributed by atoms with Gasteiger partial charge in [0.05, 0.1) is 18.4 Å². The number of nitrogens with zero attached hydrogens (tertiary/aromatic N) is 1. The molecule has 1 aliphatic heterocycles. The van der Waals surface area contributed by atoms with Gasteiger partial charge >= 0.3 is 0 Å². The molecule has 0 spiro atoms. The highest BCUT2D eigenvalue weighted by molar-refractivity contribution is 6.46. The molecular weight excluding hydrogens is 400 g/mol. The Morgan fingerprint density at radius 2 is 1.63 bits per heavy atom. The second kappa shape index (κ2) is 8.05. The average Bonchev–Trinajstić information content (AvgIpc) is 2.98. The minimum atomic E-state index is -0.418. The number of rotatable bonds is 5. The van der Waals surface area contributed by atoms with Crippen molar-refractivity contribution in [2.24, 2.45) is 0 Å². The quantitative estimate of drug-likeness (QED) is 0.589. The highest BCUT2D eigenvalue weighted by Crippen LogP contribution is 2.34. The van der Waals surface area contributed by atoms with Crippen LogP contribution in [0.5, 0.6) is 5.75 Å². The van der Waals surface area contributed by atoms with Crippen molar-refractivity contribution >= 4 is 40.4 Å². The van der Waals surface area contributed by atoms with E-state index in [4.69, 9.17) is 16.3 Å². The topological polar surface area (TPSA) is 58.6 Å². The minimum absolute atomic E-state index is 0.206. The molecule has 0 radical (unpaired) electrons. The summed E-state index contributed by atoms with van der Waals surface area (Å²) in [6, 6.07) is 21.3. The minimum Gasteiger partial charge on any atom is -0.497 e. The number of aryl methyl sites for hydroxylation is 1. The van der Waals surface area contributed by atoms with Crippen LogP contribution in [0.25, 0.3) is 5.57 Å². The third kappa shape index (κ3) is 3.67. The Morgan fingerprint density at radius 1 is 0.900 bits per heavy atom. The summed E-state index contributed by atoms with van der Waals surface area (Å²) in [6.07, 6.45) is 0. The van der Waals surface area contributed by atoms with Crippen molar-refractivity contribution in [3.05, 3.63) is 94.6 Å². The van der Waals surface area contributed by atoms with Crippen LogP contribution in [0.3, 0.4) is 0 Å². The molecule has 5 nitrogen and oxygen atoms in total. The van der Waals surface area contributed by atoms with Crippen molar-refractivity contribution < 1.29 is 14.3 Å². The number of hydrogen-bond donors (Lipinski definition) is 1. The maximum atomic E-state index is 13.4. The molecule has 0 aromatic heterocycles. The molecule has 0 fully saturated rings. The molecule has 1 aliphatic rings. The van der Waals surface area contributed by atoms with Crippen LogP contribution >= 0.6 is 11.6 Å². The summed E-state index contributed by atoms with van der Waals surface area (Å²) in [6.45, 7) is 1.91. The summed E-state index contributed by atoms with van der Waals surface area (Å²) >= 11 is 6.02. The van der Waals surface area contributed by atoms with Crippen LogP contribution in [0.2, 0.25) is 5.02 Å². The Hall–Kier alpha value is -3.57. The lowest BCUT2D eigenvalue weighted by Gasteiger charge is -2.16. The van der Waals surface area contributed by atoms with E-state index in [2.05, 4.69) is 5.32 Å². The first-order chi connectivity index (χ1) is 14.5. The van der Waals surface area contributed by atoms with Gasteiger partial charge in [-0.2, -0.15) is 0 Å². The third-order valence-electron chi connectivity index (χ3n) is 4.82. The maximum Gasteiger partial charge on any atom is 0.282 e. The number of amides is 2. The van der Waals surface area contributed by atoms with E-state index in [0.29, 0.717) is 33.3 Å². The molecular formula is C24H19ClN2O3. The van der Waals surface area contributed by atoms with Gasteiger partial charge in [0.25, 0.3) is 11.8 Å². The van der Waals surface area contributed by atoms with E-state index in [9.17, 15) is 9.59 Å². The Labute approximate surface area is 179 Å². The molecule has 150 valence electrons. The van der Waals surface area contributed by atoms with Gasteiger partial charge in [-0.15, -0.1) is 0 Å². The van der Waals surface area contributed by atoms with Crippen LogP contribution in [0.1, 0.15) is 11.1 Å². The number of hydrogen-bond acceptors (Lipinski definition) is 4. The van der Waals surface area contributed by atoms with Crippen LogP contribution in [0.4, 0.5) is 11.4 Å². The fourth-order valence-electron chi connectivity index (χ4n) is 3.38. The predicted molar refractivity (Wildman–Crippen MR) is 119 cm³/mol. The monoisotopic (exact) mass is 418 g/mol. The number of anilines is 2. The van der Waals surface area contributed by atoms with Gasteiger partial charge in [0.2, 0.25) is 0 Å². The molecule has 4 rings (SSSR count). The molecule has 3 aromatic rings. The van der Waals surface area contributed by atoms with Gasteiger partial charge in [0.15, 0.2) is 0 Å². The fourth-order valence-corrected chi connectivity index (χ4v) is 3.50. The second-order valence-electron chi connectivity index (χ2n) is 6.90. The summed E-state index contributed by atoms with van der Waals surface area (Å²) in [5, 5.41) is 3.68. The molecule has 6 heteroatoms. The number of nitrogens with one attached hydrogen (secondary N) is 1. The molecule has 0 aliphatic carbocycles. The molecule has 0 atom stereocenters. The number of methoxy groups -OCH3 is 1. The number of benzene rings is 3. The van der Waals surface area contributed by atoms with Gasteiger partial charge in [-0.1, -0.05) is 41.9 Å². The summed E-state index contributed by atoms with van der Waals surface area (Å²) in [5.74, 6) is -0.169. The molecule has 1 N–H and O–H groups in total. The van der Waals surface area contributed by atoms with Crippen LogP contribution in [-0.2, 0) is 9.59 Å². The van der Waals surface area contributed by atoms with Crippen LogP contribution in [0, 0.1) is 6.92 Å². The molecule has 30 heavy (non-hydrogen) atoms. The van der Waals surface area contributed by atoms with Crippen molar-refractivity contribution in [2.75, 3.05) is 17.3 Å². The highest BCUT2D eigenvalue weighted by atomic mass is 35.5. The maximum absolute atomic E-state index is 13.4. The smallest absolute Gasteiger partial charge is 0.282 e. The number of ether oxygens (including phenoxy) is 1. The third-order valence-corrected chi connectivity index (χ3v) is 5.07. The van der Waals surface area contributed by atoms with E-state index in [1.165, 1.54) is 4.90 Å². The summed E-state index contributed by atoms with van der Waals surface area (Å²) in [5.41, 5.74) is 3.23. The predicted octanol–water partition coefficient (Wildman–Crippen LogP) is 5.05. The average molecular weight is 419 g/mol. The Bertz CT molecular complexity index is 1170. The molecule has 0 saturated heterocycles. The molecule has 0 unspecified atom stereocenters. The first kappa shape index (κ1) is 19.7. The van der Waals surface area contributed by atoms with Gasteiger partial charge in [-0.3, -0.25) is 9.59 Å². The number of carbonyl (C=O) groups excluding carboxylic acids is 2. The second-order valence-corrected chi connectivity index (χ2v) is 7.34. The van der Waals surface area contributed by atoms with Crippen molar-refractivity contribution in [2.45, 2.75) is 6.92 Å².